The monoisotopic (exact) mass is 819 g/mol. The number of carbonyl (C=O) groups is 4. The lowest BCUT2D eigenvalue weighted by Crippen LogP contribution is -2.57. The lowest BCUT2D eigenvalue weighted by Gasteiger charge is -2.26. The van der Waals surface area contributed by atoms with Crippen molar-refractivity contribution in [2.75, 3.05) is 13.1 Å². The molecule has 3 aromatic rings. The van der Waals surface area contributed by atoms with Crippen LogP contribution < -0.4 is 31.7 Å². The van der Waals surface area contributed by atoms with Crippen molar-refractivity contribution < 1.29 is 37.4 Å². The van der Waals surface area contributed by atoms with E-state index in [1.807, 2.05) is 39.0 Å². The molecule has 3 aromatic carbocycles. The molecule has 0 aliphatic carbocycles. The van der Waals surface area contributed by atoms with Crippen molar-refractivity contribution in [3.05, 3.63) is 94.5 Å². The van der Waals surface area contributed by atoms with Crippen LogP contribution in [0.4, 0.5) is 0 Å². The minimum absolute atomic E-state index is 0.00873. The van der Waals surface area contributed by atoms with Gasteiger partial charge in [-0.3, -0.25) is 19.4 Å². The highest BCUT2D eigenvalue weighted by atomic mass is 32.2. The molecule has 4 atom stereocenters. The van der Waals surface area contributed by atoms with Gasteiger partial charge in [0.1, 0.15) is 30.5 Å². The molecule has 58 heavy (non-hydrogen) atoms. The smallest absolute Gasteiger partial charge is 0.329 e. The summed E-state index contributed by atoms with van der Waals surface area (Å²) in [5.41, 5.74) is 9.42. The maximum absolute atomic E-state index is 14.1. The van der Waals surface area contributed by atoms with Gasteiger partial charge in [-0.2, -0.15) is 0 Å². The number of rotatable bonds is 19. The molecule has 1 aliphatic heterocycles. The van der Waals surface area contributed by atoms with E-state index in [0.717, 1.165) is 17.5 Å². The fourth-order valence-electron chi connectivity index (χ4n) is 6.89. The lowest BCUT2D eigenvalue weighted by atomic mass is 10.0. The number of nitrogens with one attached hydrogen (secondary N) is 5. The minimum atomic E-state index is -4.05. The van der Waals surface area contributed by atoms with E-state index in [0.29, 0.717) is 36.1 Å². The second-order valence-corrected chi connectivity index (χ2v) is 16.8. The van der Waals surface area contributed by atoms with Crippen LogP contribution in [0, 0.1) is 26.7 Å². The summed E-state index contributed by atoms with van der Waals surface area (Å²) >= 11 is 0. The number of aliphatic imine (C=N–C) groups is 1. The molecule has 0 unspecified atom stereocenters. The molecule has 15 nitrogen and oxygen atoms in total. The molecule has 1 heterocycles. The highest BCUT2D eigenvalue weighted by Gasteiger charge is 2.32. The van der Waals surface area contributed by atoms with Gasteiger partial charge in [0.05, 0.1) is 10.9 Å². The Hall–Kier alpha value is -5.48. The van der Waals surface area contributed by atoms with Crippen LogP contribution in [0.25, 0.3) is 0 Å². The summed E-state index contributed by atoms with van der Waals surface area (Å²) in [5.74, 6) is -2.60. The molecule has 8 N–H and O–H groups in total. The molecular weight excluding hydrogens is 763 g/mol. The van der Waals surface area contributed by atoms with Crippen LogP contribution in [0.5, 0.6) is 5.75 Å². The number of phenols is 1. The number of sulfonamides is 1. The summed E-state index contributed by atoms with van der Waals surface area (Å²) < 4.78 is 34.4. The summed E-state index contributed by atoms with van der Waals surface area (Å²) in [6, 6.07) is 15.0. The van der Waals surface area contributed by atoms with E-state index in [1.54, 1.807) is 50.2 Å². The fourth-order valence-corrected chi connectivity index (χ4v) is 8.30. The second kappa shape index (κ2) is 21.3. The Morgan fingerprint density at radius 3 is 2.16 bits per heavy atom. The Morgan fingerprint density at radius 1 is 0.897 bits per heavy atom. The summed E-state index contributed by atoms with van der Waals surface area (Å²) in [6.07, 6.45) is 1.96. The molecule has 0 radical (unpaired) electrons. The van der Waals surface area contributed by atoms with Crippen molar-refractivity contribution in [2.45, 2.75) is 109 Å². The number of amides is 3. The SMILES string of the molecule is Cc1cc(C)c(S(=O)(=O)NC(N)=NCCC[C@H](NC(=O)[C@H](CC(C)C)NC(=O)[C@@H]2CCCN2)C(=O)N[C@@H](Cc2ccc(O)cc2)C(=O)OCc2ccccc2)c(C)c1. The maximum atomic E-state index is 14.1. The van der Waals surface area contributed by atoms with Crippen molar-refractivity contribution >= 4 is 39.7 Å². The number of hydrogen-bond acceptors (Lipinski definition) is 10. The standard InChI is InChI=1S/C42H57N7O8S/c1-26(2)21-35(47-38(51)33-13-9-19-44-33)40(53)46-34(14-10-20-45-42(43)49-58(55,56)37-28(4)22-27(3)23-29(37)5)39(52)48-36(24-30-15-17-32(50)18-16-30)41(54)57-25-31-11-7-6-8-12-31/h6-8,11-12,15-18,22-23,26,33-36,44,50H,9-10,13-14,19-21,24-25H2,1-5H3,(H,46,53)(H,47,51)(H,48,52)(H3,43,45,49)/t33-,34-,35-,36-/m0/s1. The molecule has 1 saturated heterocycles. The summed E-state index contributed by atoms with van der Waals surface area (Å²) in [6.45, 7) is 9.73. The Labute approximate surface area is 341 Å². The third-order valence-electron chi connectivity index (χ3n) is 9.60. The normalized spacial score (nSPS) is 15.9. The van der Waals surface area contributed by atoms with E-state index in [-0.39, 0.29) is 60.8 Å². The van der Waals surface area contributed by atoms with Crippen LogP contribution in [0.1, 0.15) is 73.8 Å². The number of carbonyl (C=O) groups excluding carboxylic acids is 4. The van der Waals surface area contributed by atoms with Gasteiger partial charge in [-0.1, -0.05) is 74.0 Å². The van der Waals surface area contributed by atoms with Crippen molar-refractivity contribution in [2.24, 2.45) is 16.6 Å². The fraction of sp³-hybridized carbons (Fsp3) is 0.452. The Balaban J connectivity index is 1.54. The van der Waals surface area contributed by atoms with E-state index in [1.165, 1.54) is 12.1 Å². The number of ether oxygens (including phenoxy) is 1. The Bertz CT molecular complexity index is 2000. The Morgan fingerprint density at radius 2 is 1.53 bits per heavy atom. The van der Waals surface area contributed by atoms with Crippen molar-refractivity contribution in [1.82, 2.24) is 26.0 Å². The van der Waals surface area contributed by atoms with E-state index >= 15 is 0 Å². The molecule has 0 spiro atoms. The highest BCUT2D eigenvalue weighted by molar-refractivity contribution is 7.90. The van der Waals surface area contributed by atoms with Gasteiger partial charge in [-0.05, 0) is 99.7 Å². The highest BCUT2D eigenvalue weighted by Crippen LogP contribution is 2.21. The molecular formula is C42H57N7O8S. The zero-order valence-corrected chi connectivity index (χ0v) is 34.7. The van der Waals surface area contributed by atoms with Crippen LogP contribution in [0.2, 0.25) is 0 Å². The molecule has 1 fully saturated rings. The molecule has 314 valence electrons. The zero-order valence-electron chi connectivity index (χ0n) is 33.8. The summed E-state index contributed by atoms with van der Waals surface area (Å²) in [5, 5.41) is 21.4. The zero-order chi connectivity index (χ0) is 42.4. The molecule has 0 saturated carbocycles. The van der Waals surface area contributed by atoms with E-state index in [9.17, 15) is 32.7 Å². The molecule has 16 heteroatoms. The van der Waals surface area contributed by atoms with Crippen molar-refractivity contribution in [1.29, 1.82) is 0 Å². The first-order chi connectivity index (χ1) is 27.5. The molecule has 1 aliphatic rings. The minimum Gasteiger partial charge on any atom is -0.508 e. The van der Waals surface area contributed by atoms with E-state index < -0.39 is 52.0 Å². The average molecular weight is 820 g/mol. The number of aryl methyl sites for hydroxylation is 3. The van der Waals surface area contributed by atoms with Gasteiger partial charge in [-0.15, -0.1) is 0 Å². The average Bonchev–Trinajstić information content (AvgIpc) is 3.70. The Kier molecular flexibility index (Phi) is 16.6. The quantitative estimate of drug-likeness (QED) is 0.0405. The third-order valence-corrected chi connectivity index (χ3v) is 11.3. The molecule has 0 aromatic heterocycles. The predicted molar refractivity (Wildman–Crippen MR) is 221 cm³/mol. The maximum Gasteiger partial charge on any atom is 0.329 e. The number of hydrogen-bond donors (Lipinski definition) is 7. The molecule has 4 rings (SSSR count). The number of aromatic hydroxyl groups is 1. The van der Waals surface area contributed by atoms with Crippen LogP contribution in [-0.4, -0.2) is 80.4 Å². The number of nitrogens with zero attached hydrogens (tertiary/aromatic N) is 1. The first kappa shape index (κ1) is 45.2. The first-order valence-corrected chi connectivity index (χ1v) is 21.0. The van der Waals surface area contributed by atoms with Gasteiger partial charge >= 0.3 is 5.97 Å². The van der Waals surface area contributed by atoms with Crippen LogP contribution in [0.15, 0.2) is 76.6 Å². The topological polar surface area (TPSA) is 230 Å². The van der Waals surface area contributed by atoms with Gasteiger partial charge in [0, 0.05) is 13.0 Å². The molecule has 3 amide bonds. The van der Waals surface area contributed by atoms with Gasteiger partial charge in [0.25, 0.3) is 10.0 Å². The van der Waals surface area contributed by atoms with Crippen LogP contribution in [-0.2, 0) is 47.0 Å². The number of nitrogens with two attached hydrogens (primary N) is 1. The van der Waals surface area contributed by atoms with Gasteiger partial charge in [-0.25, -0.2) is 17.9 Å². The second-order valence-electron chi connectivity index (χ2n) is 15.2. The van der Waals surface area contributed by atoms with E-state index in [4.69, 9.17) is 10.5 Å². The first-order valence-electron chi connectivity index (χ1n) is 19.6. The van der Waals surface area contributed by atoms with Gasteiger partial charge < -0.3 is 36.8 Å². The lowest BCUT2D eigenvalue weighted by molar-refractivity contribution is -0.149. The van der Waals surface area contributed by atoms with Crippen molar-refractivity contribution in [3.8, 4) is 5.75 Å². The number of phenolic OH excluding ortho intramolecular Hbond substituents is 1. The third kappa shape index (κ3) is 13.9. The molecule has 0 bridgehead atoms. The number of benzene rings is 3. The van der Waals surface area contributed by atoms with Crippen molar-refractivity contribution in [3.63, 3.8) is 0 Å². The van der Waals surface area contributed by atoms with Gasteiger partial charge in [0.15, 0.2) is 0 Å². The van der Waals surface area contributed by atoms with Crippen LogP contribution >= 0.6 is 0 Å². The largest absolute Gasteiger partial charge is 0.508 e. The van der Waals surface area contributed by atoms with Crippen LogP contribution in [0.3, 0.4) is 0 Å². The van der Waals surface area contributed by atoms with E-state index in [2.05, 4.69) is 31.0 Å². The number of esters is 1. The van der Waals surface area contributed by atoms with Gasteiger partial charge in [0.2, 0.25) is 23.7 Å². The summed E-state index contributed by atoms with van der Waals surface area (Å²) in [7, 11) is -4.05. The summed E-state index contributed by atoms with van der Waals surface area (Å²) in [4.78, 5) is 58.9. The predicted octanol–water partition coefficient (Wildman–Crippen LogP) is 2.93. The number of guanidine groups is 1.